The number of carbonyl (C=O) groups excluding carboxylic acids is 1. The highest BCUT2D eigenvalue weighted by atomic mass is 35.5. The maximum atomic E-state index is 11.5. The molecule has 76 valence electrons. The van der Waals surface area contributed by atoms with Crippen LogP contribution in [0.3, 0.4) is 0 Å². The zero-order valence-electron chi connectivity index (χ0n) is 7.71. The molecule has 1 saturated carbocycles. The smallest absolute Gasteiger partial charge is 0.237 e. The standard InChI is InChI=1S/C9H16N2O.ClH/c12-9(11-7-4-5-7)8-3-1-2-6-10-8;/h7-8,10H,1-6H2,(H,11,12);1H/t8-;/m0./s1. The second kappa shape index (κ2) is 4.82. The van der Waals surface area contributed by atoms with Gasteiger partial charge in [0.1, 0.15) is 0 Å². The van der Waals surface area contributed by atoms with E-state index in [-0.39, 0.29) is 24.4 Å². The zero-order chi connectivity index (χ0) is 8.39. The molecule has 2 aliphatic rings. The summed E-state index contributed by atoms with van der Waals surface area (Å²) < 4.78 is 0. The van der Waals surface area contributed by atoms with E-state index in [0.717, 1.165) is 13.0 Å². The fourth-order valence-electron chi connectivity index (χ4n) is 1.61. The summed E-state index contributed by atoms with van der Waals surface area (Å²) in [6.45, 7) is 1.00. The summed E-state index contributed by atoms with van der Waals surface area (Å²) in [7, 11) is 0. The molecule has 1 atom stereocenters. The van der Waals surface area contributed by atoms with Crippen LogP contribution in [-0.4, -0.2) is 24.5 Å². The molecule has 3 nitrogen and oxygen atoms in total. The minimum Gasteiger partial charge on any atom is -0.352 e. The van der Waals surface area contributed by atoms with Gasteiger partial charge in [0.15, 0.2) is 0 Å². The number of piperidine rings is 1. The molecule has 0 aromatic carbocycles. The fourth-order valence-corrected chi connectivity index (χ4v) is 1.61. The van der Waals surface area contributed by atoms with E-state index in [1.54, 1.807) is 0 Å². The molecule has 1 heterocycles. The van der Waals surface area contributed by atoms with E-state index in [1.165, 1.54) is 25.7 Å². The van der Waals surface area contributed by atoms with Crippen LogP contribution in [0.5, 0.6) is 0 Å². The van der Waals surface area contributed by atoms with Gasteiger partial charge < -0.3 is 10.6 Å². The van der Waals surface area contributed by atoms with Gasteiger partial charge in [0, 0.05) is 6.04 Å². The third-order valence-corrected chi connectivity index (χ3v) is 2.55. The third kappa shape index (κ3) is 3.16. The number of nitrogens with one attached hydrogen (secondary N) is 2. The van der Waals surface area contributed by atoms with E-state index in [2.05, 4.69) is 10.6 Å². The van der Waals surface area contributed by atoms with Crippen LogP contribution in [0.2, 0.25) is 0 Å². The average molecular weight is 205 g/mol. The molecule has 13 heavy (non-hydrogen) atoms. The molecule has 0 bridgehead atoms. The Kier molecular flexibility index (Phi) is 4.00. The summed E-state index contributed by atoms with van der Waals surface area (Å²) in [5, 5.41) is 6.26. The SMILES string of the molecule is Cl.O=C(NC1CC1)[C@@H]1CCCCN1. The van der Waals surface area contributed by atoms with Crippen LogP contribution in [0.1, 0.15) is 32.1 Å². The van der Waals surface area contributed by atoms with Gasteiger partial charge in [-0.2, -0.15) is 0 Å². The van der Waals surface area contributed by atoms with Gasteiger partial charge in [-0.3, -0.25) is 4.79 Å². The molecule has 2 N–H and O–H groups in total. The molecule has 0 radical (unpaired) electrons. The van der Waals surface area contributed by atoms with Crippen LogP contribution in [-0.2, 0) is 4.79 Å². The molecule has 1 amide bonds. The summed E-state index contributed by atoms with van der Waals surface area (Å²) >= 11 is 0. The van der Waals surface area contributed by atoms with Crippen molar-refractivity contribution in [2.75, 3.05) is 6.54 Å². The Bertz CT molecular complexity index is 176. The van der Waals surface area contributed by atoms with Gasteiger partial charge in [0.05, 0.1) is 6.04 Å². The van der Waals surface area contributed by atoms with Crippen molar-refractivity contribution in [1.29, 1.82) is 0 Å². The van der Waals surface area contributed by atoms with Crippen molar-refractivity contribution in [3.05, 3.63) is 0 Å². The van der Waals surface area contributed by atoms with E-state index < -0.39 is 0 Å². The highest BCUT2D eigenvalue weighted by Gasteiger charge is 2.27. The minimum absolute atomic E-state index is 0. The minimum atomic E-state index is 0. The molecule has 1 saturated heterocycles. The Hall–Kier alpha value is -0.280. The van der Waals surface area contributed by atoms with Crippen LogP contribution in [0.15, 0.2) is 0 Å². The van der Waals surface area contributed by atoms with Gasteiger partial charge in [-0.15, -0.1) is 12.4 Å². The average Bonchev–Trinajstić information content (AvgIpc) is 2.90. The number of rotatable bonds is 2. The lowest BCUT2D eigenvalue weighted by Gasteiger charge is -2.22. The largest absolute Gasteiger partial charge is 0.352 e. The van der Waals surface area contributed by atoms with Crippen molar-refractivity contribution in [1.82, 2.24) is 10.6 Å². The summed E-state index contributed by atoms with van der Waals surface area (Å²) in [6.07, 6.45) is 5.78. The van der Waals surface area contributed by atoms with Crippen LogP contribution in [0, 0.1) is 0 Å². The topological polar surface area (TPSA) is 41.1 Å². The van der Waals surface area contributed by atoms with Crippen molar-refractivity contribution >= 4 is 18.3 Å². The van der Waals surface area contributed by atoms with Crippen LogP contribution in [0.4, 0.5) is 0 Å². The highest BCUT2D eigenvalue weighted by Crippen LogP contribution is 2.19. The van der Waals surface area contributed by atoms with Crippen molar-refractivity contribution in [2.24, 2.45) is 0 Å². The molecular weight excluding hydrogens is 188 g/mol. The summed E-state index contributed by atoms with van der Waals surface area (Å²) in [5.41, 5.74) is 0. The Labute approximate surface area is 85.1 Å². The predicted molar refractivity (Wildman–Crippen MR) is 54.1 cm³/mol. The molecule has 1 aliphatic carbocycles. The van der Waals surface area contributed by atoms with E-state index in [4.69, 9.17) is 0 Å². The molecule has 1 aliphatic heterocycles. The van der Waals surface area contributed by atoms with Crippen LogP contribution >= 0.6 is 12.4 Å². The van der Waals surface area contributed by atoms with Crippen molar-refractivity contribution in [3.8, 4) is 0 Å². The summed E-state index contributed by atoms with van der Waals surface area (Å²) in [6, 6.07) is 0.598. The Morgan fingerprint density at radius 2 is 2.00 bits per heavy atom. The Morgan fingerprint density at radius 3 is 2.54 bits per heavy atom. The molecular formula is C9H17ClN2O. The molecule has 0 unspecified atom stereocenters. The van der Waals surface area contributed by atoms with Gasteiger partial charge in [-0.25, -0.2) is 0 Å². The first-order valence-electron chi connectivity index (χ1n) is 4.90. The zero-order valence-corrected chi connectivity index (χ0v) is 8.53. The lowest BCUT2D eigenvalue weighted by molar-refractivity contribution is -0.123. The van der Waals surface area contributed by atoms with Crippen molar-refractivity contribution in [3.63, 3.8) is 0 Å². The Balaban J connectivity index is 0.000000845. The normalized spacial score (nSPS) is 27.5. The maximum Gasteiger partial charge on any atom is 0.237 e. The third-order valence-electron chi connectivity index (χ3n) is 2.55. The maximum absolute atomic E-state index is 11.5. The number of carbonyl (C=O) groups is 1. The monoisotopic (exact) mass is 204 g/mol. The summed E-state index contributed by atoms with van der Waals surface area (Å²) in [5.74, 6) is 0.220. The molecule has 4 heteroatoms. The quantitative estimate of drug-likeness (QED) is 0.700. The Morgan fingerprint density at radius 1 is 1.23 bits per heavy atom. The molecule has 0 spiro atoms. The first kappa shape index (κ1) is 10.8. The van der Waals surface area contributed by atoms with Crippen LogP contribution in [0.25, 0.3) is 0 Å². The van der Waals surface area contributed by atoms with E-state index >= 15 is 0 Å². The molecule has 2 rings (SSSR count). The number of hydrogen-bond acceptors (Lipinski definition) is 2. The predicted octanol–water partition coefficient (Wildman–Crippen LogP) is 0.829. The second-order valence-corrected chi connectivity index (χ2v) is 3.79. The fraction of sp³-hybridized carbons (Fsp3) is 0.889. The highest BCUT2D eigenvalue weighted by molar-refractivity contribution is 5.85. The lowest BCUT2D eigenvalue weighted by atomic mass is 10.0. The van der Waals surface area contributed by atoms with E-state index in [1.807, 2.05) is 0 Å². The van der Waals surface area contributed by atoms with Crippen molar-refractivity contribution in [2.45, 2.75) is 44.2 Å². The van der Waals surface area contributed by atoms with E-state index in [9.17, 15) is 4.79 Å². The van der Waals surface area contributed by atoms with E-state index in [0.29, 0.717) is 6.04 Å². The summed E-state index contributed by atoms with van der Waals surface area (Å²) in [4.78, 5) is 11.5. The van der Waals surface area contributed by atoms with Gasteiger partial charge in [0.2, 0.25) is 5.91 Å². The van der Waals surface area contributed by atoms with Gasteiger partial charge in [0.25, 0.3) is 0 Å². The number of halogens is 1. The lowest BCUT2D eigenvalue weighted by Crippen LogP contribution is -2.47. The van der Waals surface area contributed by atoms with Gasteiger partial charge in [-0.1, -0.05) is 6.42 Å². The molecule has 0 aromatic heterocycles. The molecule has 0 aromatic rings. The second-order valence-electron chi connectivity index (χ2n) is 3.79. The van der Waals surface area contributed by atoms with Gasteiger partial charge in [-0.05, 0) is 32.2 Å². The first-order chi connectivity index (χ1) is 5.86. The van der Waals surface area contributed by atoms with Crippen LogP contribution < -0.4 is 10.6 Å². The van der Waals surface area contributed by atoms with Gasteiger partial charge >= 0.3 is 0 Å². The first-order valence-corrected chi connectivity index (χ1v) is 4.90. The number of amides is 1. The van der Waals surface area contributed by atoms with Crippen molar-refractivity contribution < 1.29 is 4.79 Å². The number of hydrogen-bond donors (Lipinski definition) is 2. The molecule has 2 fully saturated rings.